The maximum Gasteiger partial charge on any atom is 0.0489 e. The minimum atomic E-state index is 0.835. The molecule has 0 saturated heterocycles. The molecular weight excluding hydrogens is 234 g/mol. The third-order valence-electron chi connectivity index (χ3n) is 5.96. The van der Waals surface area contributed by atoms with E-state index in [-0.39, 0.29) is 0 Å². The molecule has 3 fully saturated rings. The molecule has 3 aliphatic rings. The van der Waals surface area contributed by atoms with Gasteiger partial charge in [0, 0.05) is 25.0 Å². The highest BCUT2D eigenvalue weighted by atomic mass is 15.3. The van der Waals surface area contributed by atoms with Crippen molar-refractivity contribution in [1.82, 2.24) is 15.1 Å². The highest BCUT2D eigenvalue weighted by Gasteiger charge is 2.53. The Labute approximate surface area is 115 Å². The normalized spacial score (nSPS) is 39.9. The van der Waals surface area contributed by atoms with Gasteiger partial charge in [-0.15, -0.1) is 0 Å². The van der Waals surface area contributed by atoms with Crippen LogP contribution in [0.2, 0.25) is 0 Å². The van der Waals surface area contributed by atoms with E-state index in [4.69, 9.17) is 0 Å². The monoisotopic (exact) mass is 259 g/mol. The topological polar surface area (TPSA) is 29.9 Å². The molecule has 0 aliphatic heterocycles. The summed E-state index contributed by atoms with van der Waals surface area (Å²) in [5, 5.41) is 8.10. The molecule has 5 unspecified atom stereocenters. The molecule has 1 N–H and O–H groups in total. The first-order chi connectivity index (χ1) is 9.42. The average molecular weight is 259 g/mol. The van der Waals surface area contributed by atoms with Crippen molar-refractivity contribution < 1.29 is 0 Å². The van der Waals surface area contributed by atoms with Gasteiger partial charge in [-0.05, 0) is 68.4 Å². The lowest BCUT2D eigenvalue weighted by molar-refractivity contribution is 0.208. The molecule has 3 heteroatoms. The largest absolute Gasteiger partial charge is 0.314 e. The van der Waals surface area contributed by atoms with Crippen LogP contribution in [0.25, 0.3) is 0 Å². The van der Waals surface area contributed by atoms with E-state index >= 15 is 0 Å². The molecule has 3 nitrogen and oxygen atoms in total. The fraction of sp³-hybridized carbons (Fsp3) is 0.812. The van der Waals surface area contributed by atoms with Gasteiger partial charge in [-0.25, -0.2) is 0 Å². The fourth-order valence-electron chi connectivity index (χ4n) is 5.26. The highest BCUT2D eigenvalue weighted by molar-refractivity contribution is 5.05. The van der Waals surface area contributed by atoms with Gasteiger partial charge in [-0.1, -0.05) is 6.42 Å². The lowest BCUT2D eigenvalue weighted by atomic mass is 9.79. The van der Waals surface area contributed by atoms with Gasteiger partial charge in [0.1, 0.15) is 0 Å². The molecule has 3 aliphatic carbocycles. The van der Waals surface area contributed by atoms with Crippen LogP contribution in [0.5, 0.6) is 0 Å². The minimum absolute atomic E-state index is 0.835. The quantitative estimate of drug-likeness (QED) is 0.824. The van der Waals surface area contributed by atoms with Crippen LogP contribution in [-0.2, 0) is 6.54 Å². The lowest BCUT2D eigenvalue weighted by Crippen LogP contribution is -2.39. The molecule has 104 valence electrons. The summed E-state index contributed by atoms with van der Waals surface area (Å²) in [6.07, 6.45) is 12.7. The summed E-state index contributed by atoms with van der Waals surface area (Å²) < 4.78 is 2.04. The third-order valence-corrected chi connectivity index (χ3v) is 5.96. The molecule has 0 aromatic carbocycles. The van der Waals surface area contributed by atoms with Crippen molar-refractivity contribution in [2.45, 2.75) is 51.1 Å². The second kappa shape index (κ2) is 4.93. The molecule has 4 rings (SSSR count). The zero-order valence-corrected chi connectivity index (χ0v) is 11.7. The zero-order chi connectivity index (χ0) is 12.7. The number of aryl methyl sites for hydroxylation is 1. The average Bonchev–Trinajstić information content (AvgIpc) is 3.14. The number of hydrogen-bond acceptors (Lipinski definition) is 2. The number of fused-ring (bicyclic) bond motifs is 5. The van der Waals surface area contributed by atoms with Gasteiger partial charge in [0.2, 0.25) is 0 Å². The summed E-state index contributed by atoms with van der Waals surface area (Å²) in [7, 11) is 0. The number of aromatic nitrogens is 2. The summed E-state index contributed by atoms with van der Waals surface area (Å²) in [5.74, 6) is 4.29. The minimum Gasteiger partial charge on any atom is -0.314 e. The van der Waals surface area contributed by atoms with Crippen LogP contribution >= 0.6 is 0 Å². The molecule has 0 amide bonds. The second-order valence-corrected chi connectivity index (χ2v) is 6.84. The van der Waals surface area contributed by atoms with Crippen LogP contribution in [0.3, 0.4) is 0 Å². The van der Waals surface area contributed by atoms with Crippen molar-refractivity contribution in [1.29, 1.82) is 0 Å². The molecule has 3 saturated carbocycles. The van der Waals surface area contributed by atoms with E-state index < -0.39 is 0 Å². The Hall–Kier alpha value is -0.830. The van der Waals surface area contributed by atoms with E-state index in [0.717, 1.165) is 42.8 Å². The summed E-state index contributed by atoms with van der Waals surface area (Å²) in [6.45, 7) is 2.21. The van der Waals surface area contributed by atoms with Gasteiger partial charge in [-0.2, -0.15) is 5.10 Å². The molecule has 1 heterocycles. The first kappa shape index (κ1) is 12.0. The number of nitrogens with zero attached hydrogens (tertiary/aromatic N) is 2. The van der Waals surface area contributed by atoms with E-state index in [2.05, 4.69) is 16.6 Å². The van der Waals surface area contributed by atoms with Gasteiger partial charge in [-0.3, -0.25) is 4.68 Å². The molecule has 2 bridgehead atoms. The van der Waals surface area contributed by atoms with E-state index in [9.17, 15) is 0 Å². The van der Waals surface area contributed by atoms with Crippen LogP contribution < -0.4 is 5.32 Å². The van der Waals surface area contributed by atoms with Gasteiger partial charge in [0.05, 0.1) is 0 Å². The summed E-state index contributed by atoms with van der Waals surface area (Å²) in [6, 6.07) is 2.84. The molecule has 1 aromatic rings. The van der Waals surface area contributed by atoms with Crippen LogP contribution in [0.1, 0.15) is 38.5 Å². The van der Waals surface area contributed by atoms with Crippen molar-refractivity contribution in [2.75, 3.05) is 6.54 Å². The van der Waals surface area contributed by atoms with Crippen molar-refractivity contribution in [3.8, 4) is 0 Å². The molecule has 1 aromatic heterocycles. The molecule has 19 heavy (non-hydrogen) atoms. The summed E-state index contributed by atoms with van der Waals surface area (Å²) >= 11 is 0. The predicted octanol–water partition coefficient (Wildman–Crippen LogP) is 2.69. The van der Waals surface area contributed by atoms with Gasteiger partial charge in [0.25, 0.3) is 0 Å². The van der Waals surface area contributed by atoms with Crippen molar-refractivity contribution >= 4 is 0 Å². The van der Waals surface area contributed by atoms with Crippen LogP contribution in [-0.4, -0.2) is 22.4 Å². The Morgan fingerprint density at radius 2 is 2.11 bits per heavy atom. The Morgan fingerprint density at radius 1 is 1.16 bits per heavy atom. The SMILES string of the molecule is c1cnn(CCCNC2CC3CC2C2CCCC32)c1. The van der Waals surface area contributed by atoms with Gasteiger partial charge < -0.3 is 5.32 Å². The van der Waals surface area contributed by atoms with Crippen molar-refractivity contribution in [2.24, 2.45) is 23.7 Å². The Morgan fingerprint density at radius 3 is 3.00 bits per heavy atom. The third kappa shape index (κ3) is 2.12. The maximum atomic E-state index is 4.26. The van der Waals surface area contributed by atoms with E-state index in [1.807, 2.05) is 16.9 Å². The van der Waals surface area contributed by atoms with Gasteiger partial charge in [0.15, 0.2) is 0 Å². The Bertz CT molecular complexity index is 414. The van der Waals surface area contributed by atoms with Crippen molar-refractivity contribution in [3.05, 3.63) is 18.5 Å². The standard InChI is InChI=1S/C16H25N3/c1-4-13-12-10-15(14(13)5-1)16(11-12)17-6-2-8-19-9-3-7-18-19/h3,7,9,12-17H,1-2,4-6,8,10-11H2. The molecule has 0 spiro atoms. The van der Waals surface area contributed by atoms with Crippen LogP contribution in [0, 0.1) is 23.7 Å². The Kier molecular flexibility index (Phi) is 3.10. The van der Waals surface area contributed by atoms with E-state index in [1.54, 1.807) is 0 Å². The Balaban J connectivity index is 1.24. The second-order valence-electron chi connectivity index (χ2n) is 6.84. The number of rotatable bonds is 5. The van der Waals surface area contributed by atoms with E-state index in [1.165, 1.54) is 38.5 Å². The predicted molar refractivity (Wildman–Crippen MR) is 75.7 cm³/mol. The zero-order valence-electron chi connectivity index (χ0n) is 11.7. The summed E-state index contributed by atoms with van der Waals surface area (Å²) in [5.41, 5.74) is 0. The molecule has 0 radical (unpaired) electrons. The van der Waals surface area contributed by atoms with Gasteiger partial charge >= 0.3 is 0 Å². The lowest BCUT2D eigenvalue weighted by Gasteiger charge is -2.32. The number of nitrogens with one attached hydrogen (secondary N) is 1. The fourth-order valence-corrected chi connectivity index (χ4v) is 5.26. The maximum absolute atomic E-state index is 4.26. The van der Waals surface area contributed by atoms with Crippen LogP contribution in [0.4, 0.5) is 0 Å². The summed E-state index contributed by atoms with van der Waals surface area (Å²) in [4.78, 5) is 0. The highest BCUT2D eigenvalue weighted by Crippen LogP contribution is 2.58. The van der Waals surface area contributed by atoms with Crippen molar-refractivity contribution in [3.63, 3.8) is 0 Å². The first-order valence-corrected chi connectivity index (χ1v) is 8.12. The van der Waals surface area contributed by atoms with Crippen LogP contribution in [0.15, 0.2) is 18.5 Å². The molecular formula is C16H25N3. The molecule has 5 atom stereocenters. The number of hydrogen-bond donors (Lipinski definition) is 1. The van der Waals surface area contributed by atoms with E-state index in [0.29, 0.717) is 0 Å². The smallest absolute Gasteiger partial charge is 0.0489 e. The first-order valence-electron chi connectivity index (χ1n) is 8.12.